The minimum Gasteiger partial charge on any atom is -0.495 e. The van der Waals surface area contributed by atoms with Crippen molar-refractivity contribution in [2.24, 2.45) is 17.1 Å². The van der Waals surface area contributed by atoms with Crippen LogP contribution in [0.15, 0.2) is 36.4 Å². The van der Waals surface area contributed by atoms with Crippen LogP contribution in [-0.4, -0.2) is 30.3 Å². The van der Waals surface area contributed by atoms with Gasteiger partial charge in [-0.1, -0.05) is 38.1 Å². The molecule has 0 bridgehead atoms. The standard InChI is InChI=1S/C24H30FNO2.C2HF3O2/c1-24(2)13-11-16(12-14-24)7-8-17-9-10-18(15-21(17)25)19-5-4-6-20(23(26)27)22(19)28-3;3-2(4,5)1(6)7/h4-6,9-10,15-16H,7-8,11-14H2,1-3H3,(H2,26,27);(H,6,7). The van der Waals surface area contributed by atoms with E-state index in [1.807, 2.05) is 18.2 Å². The zero-order valence-corrected chi connectivity index (χ0v) is 20.0. The molecule has 1 fully saturated rings. The van der Waals surface area contributed by atoms with Crippen LogP contribution in [0.4, 0.5) is 17.6 Å². The van der Waals surface area contributed by atoms with E-state index in [-0.39, 0.29) is 5.82 Å². The Hall–Kier alpha value is -3.10. The van der Waals surface area contributed by atoms with E-state index in [9.17, 15) is 22.4 Å². The predicted octanol–water partition coefficient (Wildman–Crippen LogP) is 6.38. The molecular formula is C26H31F4NO4. The smallest absolute Gasteiger partial charge is 0.490 e. The van der Waals surface area contributed by atoms with Crippen molar-refractivity contribution in [3.8, 4) is 16.9 Å². The van der Waals surface area contributed by atoms with E-state index < -0.39 is 18.1 Å². The summed E-state index contributed by atoms with van der Waals surface area (Å²) in [5.74, 6) is -2.45. The molecule has 3 N–H and O–H groups in total. The van der Waals surface area contributed by atoms with Crippen LogP contribution in [-0.2, 0) is 11.2 Å². The fourth-order valence-electron chi connectivity index (χ4n) is 4.20. The first kappa shape index (κ1) is 28.1. The largest absolute Gasteiger partial charge is 0.495 e. The molecule has 1 amide bonds. The summed E-state index contributed by atoms with van der Waals surface area (Å²) in [5.41, 5.74) is 8.28. The highest BCUT2D eigenvalue weighted by Gasteiger charge is 2.38. The second-order valence-electron chi connectivity index (χ2n) is 9.51. The van der Waals surface area contributed by atoms with E-state index in [1.165, 1.54) is 38.9 Å². The maximum Gasteiger partial charge on any atom is 0.490 e. The van der Waals surface area contributed by atoms with Crippen molar-refractivity contribution in [1.29, 1.82) is 0 Å². The van der Waals surface area contributed by atoms with E-state index in [0.717, 1.165) is 18.4 Å². The molecule has 2 aromatic rings. The third-order valence-corrected chi connectivity index (χ3v) is 6.37. The van der Waals surface area contributed by atoms with Gasteiger partial charge in [-0.25, -0.2) is 9.18 Å². The lowest BCUT2D eigenvalue weighted by Crippen LogP contribution is -2.21. The first-order valence-electron chi connectivity index (χ1n) is 11.3. The lowest BCUT2D eigenvalue weighted by atomic mass is 9.72. The number of aliphatic carboxylic acids is 1. The molecule has 35 heavy (non-hydrogen) atoms. The van der Waals surface area contributed by atoms with Crippen molar-refractivity contribution in [3.05, 3.63) is 53.3 Å². The predicted molar refractivity (Wildman–Crippen MR) is 125 cm³/mol. The molecule has 0 heterocycles. The minimum atomic E-state index is -5.08. The number of ether oxygens (including phenoxy) is 1. The molecule has 0 unspecified atom stereocenters. The SMILES string of the molecule is COc1c(C(N)=O)cccc1-c1ccc(CCC2CCC(C)(C)CC2)c(F)c1.O=C(O)C(F)(F)F. The number of benzene rings is 2. The number of primary amides is 1. The Bertz CT molecular complexity index is 1040. The number of hydrogen-bond acceptors (Lipinski definition) is 3. The molecule has 1 aliphatic rings. The number of alkyl halides is 3. The Morgan fingerprint density at radius 2 is 1.74 bits per heavy atom. The maximum absolute atomic E-state index is 14.8. The zero-order valence-electron chi connectivity index (χ0n) is 20.0. The highest BCUT2D eigenvalue weighted by molar-refractivity contribution is 5.98. The third-order valence-electron chi connectivity index (χ3n) is 6.37. The number of carbonyl (C=O) groups is 2. The van der Waals surface area contributed by atoms with Gasteiger partial charge in [-0.3, -0.25) is 4.79 Å². The third kappa shape index (κ3) is 7.97. The van der Waals surface area contributed by atoms with Crippen LogP contribution in [0.5, 0.6) is 5.75 Å². The van der Waals surface area contributed by atoms with Gasteiger partial charge in [0.1, 0.15) is 11.6 Å². The molecule has 0 radical (unpaired) electrons. The number of carboxylic acid groups (broad SMARTS) is 1. The summed E-state index contributed by atoms with van der Waals surface area (Å²) < 4.78 is 51.9. The van der Waals surface area contributed by atoms with Crippen LogP contribution in [0.25, 0.3) is 11.1 Å². The number of carbonyl (C=O) groups excluding carboxylic acids is 1. The molecule has 0 atom stereocenters. The summed E-state index contributed by atoms with van der Waals surface area (Å²) in [6, 6.07) is 10.4. The van der Waals surface area contributed by atoms with Gasteiger partial charge in [0.25, 0.3) is 5.91 Å². The van der Waals surface area contributed by atoms with Crippen LogP contribution < -0.4 is 10.5 Å². The van der Waals surface area contributed by atoms with Crippen molar-refractivity contribution >= 4 is 11.9 Å². The Balaban J connectivity index is 0.000000540. The van der Waals surface area contributed by atoms with Gasteiger partial charge in [0.2, 0.25) is 0 Å². The summed E-state index contributed by atoms with van der Waals surface area (Å²) >= 11 is 0. The molecule has 1 saturated carbocycles. The summed E-state index contributed by atoms with van der Waals surface area (Å²) in [4.78, 5) is 20.5. The minimum absolute atomic E-state index is 0.208. The van der Waals surface area contributed by atoms with Crippen LogP contribution in [0.2, 0.25) is 0 Å². The van der Waals surface area contributed by atoms with E-state index >= 15 is 0 Å². The van der Waals surface area contributed by atoms with Gasteiger partial charge >= 0.3 is 12.1 Å². The topological polar surface area (TPSA) is 89.6 Å². The molecular weight excluding hydrogens is 466 g/mol. The molecule has 0 aromatic heterocycles. The van der Waals surface area contributed by atoms with E-state index in [0.29, 0.717) is 33.8 Å². The van der Waals surface area contributed by atoms with Crippen LogP contribution in [0, 0.1) is 17.2 Å². The maximum atomic E-state index is 14.8. The van der Waals surface area contributed by atoms with Crippen LogP contribution in [0.1, 0.15) is 61.9 Å². The molecule has 1 aliphatic carbocycles. The number of amides is 1. The number of para-hydroxylation sites is 1. The number of halogens is 4. The first-order chi connectivity index (χ1) is 16.2. The van der Waals surface area contributed by atoms with Crippen molar-refractivity contribution in [2.45, 2.75) is 58.5 Å². The average molecular weight is 498 g/mol. The van der Waals surface area contributed by atoms with Crippen molar-refractivity contribution in [1.82, 2.24) is 0 Å². The molecule has 0 saturated heterocycles. The van der Waals surface area contributed by atoms with Gasteiger partial charge in [-0.05, 0) is 73.1 Å². The summed E-state index contributed by atoms with van der Waals surface area (Å²) in [6.45, 7) is 4.67. The van der Waals surface area contributed by atoms with E-state index in [2.05, 4.69) is 13.8 Å². The lowest BCUT2D eigenvalue weighted by molar-refractivity contribution is -0.192. The highest BCUT2D eigenvalue weighted by atomic mass is 19.4. The summed E-state index contributed by atoms with van der Waals surface area (Å²) in [6.07, 6.45) is 1.71. The first-order valence-corrected chi connectivity index (χ1v) is 11.3. The van der Waals surface area contributed by atoms with E-state index in [1.54, 1.807) is 12.1 Å². The molecule has 0 aliphatic heterocycles. The highest BCUT2D eigenvalue weighted by Crippen LogP contribution is 2.40. The van der Waals surface area contributed by atoms with Gasteiger partial charge in [0.15, 0.2) is 0 Å². The molecule has 5 nitrogen and oxygen atoms in total. The quantitative estimate of drug-likeness (QED) is 0.453. The van der Waals surface area contributed by atoms with Gasteiger partial charge in [-0.15, -0.1) is 0 Å². The normalized spacial score (nSPS) is 15.6. The Morgan fingerprint density at radius 1 is 1.14 bits per heavy atom. The van der Waals surface area contributed by atoms with Gasteiger partial charge in [0, 0.05) is 5.56 Å². The Labute approximate surface area is 202 Å². The number of hydrogen-bond donors (Lipinski definition) is 2. The van der Waals surface area contributed by atoms with Crippen molar-refractivity contribution in [2.75, 3.05) is 7.11 Å². The molecule has 3 rings (SSSR count). The second-order valence-corrected chi connectivity index (χ2v) is 9.51. The second kappa shape index (κ2) is 11.6. The number of nitrogens with two attached hydrogens (primary N) is 1. The Kier molecular flexibility index (Phi) is 9.29. The average Bonchev–Trinajstić information content (AvgIpc) is 2.78. The van der Waals surface area contributed by atoms with Gasteiger partial charge in [0.05, 0.1) is 12.7 Å². The zero-order chi connectivity index (χ0) is 26.4. The molecule has 9 heteroatoms. The van der Waals surface area contributed by atoms with E-state index in [4.69, 9.17) is 20.4 Å². The van der Waals surface area contributed by atoms with Crippen molar-refractivity contribution in [3.63, 3.8) is 0 Å². The summed E-state index contributed by atoms with van der Waals surface area (Å²) in [5, 5.41) is 7.12. The monoisotopic (exact) mass is 497 g/mol. The summed E-state index contributed by atoms with van der Waals surface area (Å²) in [7, 11) is 1.49. The number of carboxylic acids is 1. The number of aryl methyl sites for hydroxylation is 1. The van der Waals surface area contributed by atoms with Gasteiger partial charge < -0.3 is 15.6 Å². The number of methoxy groups -OCH3 is 1. The molecule has 0 spiro atoms. The lowest BCUT2D eigenvalue weighted by Gasteiger charge is -2.34. The fraction of sp³-hybridized carbons (Fsp3) is 0.462. The van der Waals surface area contributed by atoms with Crippen LogP contribution >= 0.6 is 0 Å². The fourth-order valence-corrected chi connectivity index (χ4v) is 4.20. The molecule has 192 valence electrons. The van der Waals surface area contributed by atoms with Crippen molar-refractivity contribution < 1.29 is 37.0 Å². The molecule has 2 aromatic carbocycles. The van der Waals surface area contributed by atoms with Crippen LogP contribution in [0.3, 0.4) is 0 Å². The Morgan fingerprint density at radius 3 is 2.23 bits per heavy atom. The number of rotatable bonds is 6. The van der Waals surface area contributed by atoms with Gasteiger partial charge in [-0.2, -0.15) is 13.2 Å².